The summed E-state index contributed by atoms with van der Waals surface area (Å²) in [6.07, 6.45) is 5.92. The van der Waals surface area contributed by atoms with Crippen LogP contribution < -0.4 is 50.9 Å². The largest absolute Gasteiger partial charge is 1.00 e. The van der Waals surface area contributed by atoms with Gasteiger partial charge in [0.1, 0.15) is 0 Å². The Kier molecular flexibility index (Phi) is 30.5. The predicted octanol–water partition coefficient (Wildman–Crippen LogP) is -7.68. The summed E-state index contributed by atoms with van der Waals surface area (Å²) < 4.78 is 0. The molecule has 0 aromatic rings. The third kappa shape index (κ3) is 12.0. The fourth-order valence-electron chi connectivity index (χ4n) is 1.08. The molecule has 0 aromatic heterocycles. The molecule has 0 heterocycles. The SMILES string of the molecule is OC1CCCCC1.[Br-].[Br-].[Br-].[V]. The molecule has 0 aromatic carbocycles. The summed E-state index contributed by atoms with van der Waals surface area (Å²) in [4.78, 5) is 0. The van der Waals surface area contributed by atoms with E-state index in [1.165, 1.54) is 19.3 Å². The van der Waals surface area contributed by atoms with Crippen LogP contribution in [-0.4, -0.2) is 11.2 Å². The van der Waals surface area contributed by atoms with Gasteiger partial charge in [0.05, 0.1) is 6.10 Å². The van der Waals surface area contributed by atoms with Gasteiger partial charge in [-0.05, 0) is 12.8 Å². The molecule has 11 heavy (non-hydrogen) atoms. The summed E-state index contributed by atoms with van der Waals surface area (Å²) in [5, 5.41) is 8.91. The molecule has 1 saturated carbocycles. The number of hydrogen-bond donors (Lipinski definition) is 1. The maximum atomic E-state index is 8.91. The first-order valence-corrected chi connectivity index (χ1v) is 3.07. The molecule has 0 saturated heterocycles. The van der Waals surface area contributed by atoms with Crippen LogP contribution in [0, 0.1) is 0 Å². The average Bonchev–Trinajstić information content (AvgIpc) is 1.69. The normalized spacial score (nSPS) is 16.1. The standard InChI is InChI=1S/C6H12O.3BrH.V/c7-6-4-2-1-3-5-6;;;;/h6-7H,1-5H2;3*1H;/p-3. The number of hydrogen-bond acceptors (Lipinski definition) is 1. The van der Waals surface area contributed by atoms with E-state index >= 15 is 0 Å². The van der Waals surface area contributed by atoms with Crippen molar-refractivity contribution in [3.63, 3.8) is 0 Å². The molecule has 1 N–H and O–H groups in total. The van der Waals surface area contributed by atoms with E-state index in [1.54, 1.807) is 0 Å². The molecule has 0 bridgehead atoms. The van der Waals surface area contributed by atoms with Crippen LogP contribution in [0.15, 0.2) is 0 Å². The van der Waals surface area contributed by atoms with Gasteiger partial charge in [-0.25, -0.2) is 0 Å². The Morgan fingerprint density at radius 3 is 1.36 bits per heavy atom. The topological polar surface area (TPSA) is 20.2 Å². The van der Waals surface area contributed by atoms with E-state index in [0.29, 0.717) is 0 Å². The van der Waals surface area contributed by atoms with Crippen LogP contribution in [0.4, 0.5) is 0 Å². The summed E-state index contributed by atoms with van der Waals surface area (Å²) in [6, 6.07) is 0. The zero-order valence-corrected chi connectivity index (χ0v) is 12.3. The van der Waals surface area contributed by atoms with Crippen LogP contribution in [0.1, 0.15) is 32.1 Å². The van der Waals surface area contributed by atoms with Crippen LogP contribution in [0.2, 0.25) is 0 Å². The minimum Gasteiger partial charge on any atom is -1.00 e. The summed E-state index contributed by atoms with van der Waals surface area (Å²) in [5.41, 5.74) is 0. The molecule has 0 spiro atoms. The van der Waals surface area contributed by atoms with E-state index < -0.39 is 0 Å². The molecular weight excluding hydrogens is 379 g/mol. The summed E-state index contributed by atoms with van der Waals surface area (Å²) >= 11 is 0. The fourth-order valence-corrected chi connectivity index (χ4v) is 1.08. The van der Waals surface area contributed by atoms with Gasteiger partial charge >= 0.3 is 0 Å². The Bertz CT molecular complexity index is 59.8. The van der Waals surface area contributed by atoms with E-state index in [9.17, 15) is 0 Å². The smallest absolute Gasteiger partial charge is 0.0540 e. The van der Waals surface area contributed by atoms with Gasteiger partial charge in [-0.1, -0.05) is 19.3 Å². The molecule has 1 aliphatic rings. The monoisotopic (exact) mass is 388 g/mol. The minimum absolute atomic E-state index is 0. The van der Waals surface area contributed by atoms with Crippen molar-refractivity contribution >= 4 is 0 Å². The van der Waals surface area contributed by atoms with E-state index in [2.05, 4.69) is 0 Å². The maximum Gasteiger partial charge on any atom is 0.0540 e. The molecule has 0 unspecified atom stereocenters. The molecule has 1 radical (unpaired) electrons. The number of aliphatic hydroxyl groups is 1. The van der Waals surface area contributed by atoms with Crippen LogP contribution in [0.25, 0.3) is 0 Å². The number of aliphatic hydroxyl groups excluding tert-OH is 1. The fraction of sp³-hybridized carbons (Fsp3) is 1.00. The Labute approximate surface area is 112 Å². The van der Waals surface area contributed by atoms with Crippen LogP contribution in [-0.2, 0) is 18.6 Å². The first-order valence-electron chi connectivity index (χ1n) is 3.07. The third-order valence-corrected chi connectivity index (χ3v) is 1.57. The first kappa shape index (κ1) is 23.1. The molecule has 1 fully saturated rings. The zero-order valence-electron chi connectivity index (χ0n) is 6.14. The molecule has 1 aliphatic carbocycles. The van der Waals surface area contributed by atoms with Crippen LogP contribution in [0.3, 0.4) is 0 Å². The van der Waals surface area contributed by atoms with Crippen molar-refractivity contribution in [1.29, 1.82) is 0 Å². The zero-order chi connectivity index (χ0) is 5.11. The second-order valence-corrected chi connectivity index (χ2v) is 2.29. The second-order valence-electron chi connectivity index (χ2n) is 2.29. The van der Waals surface area contributed by atoms with Gasteiger partial charge in [-0.2, -0.15) is 0 Å². The average molecular weight is 391 g/mol. The van der Waals surface area contributed by atoms with Crippen LogP contribution >= 0.6 is 0 Å². The maximum absolute atomic E-state index is 8.91. The quantitative estimate of drug-likeness (QED) is 0.436. The predicted molar refractivity (Wildman–Crippen MR) is 29.1 cm³/mol. The molecule has 71 valence electrons. The van der Waals surface area contributed by atoms with Gasteiger partial charge in [0.2, 0.25) is 0 Å². The van der Waals surface area contributed by atoms with E-state index in [1.807, 2.05) is 0 Å². The van der Waals surface area contributed by atoms with Crippen molar-refractivity contribution in [3.8, 4) is 0 Å². The summed E-state index contributed by atoms with van der Waals surface area (Å²) in [6.45, 7) is 0. The van der Waals surface area contributed by atoms with E-state index in [4.69, 9.17) is 5.11 Å². The Morgan fingerprint density at radius 2 is 1.18 bits per heavy atom. The van der Waals surface area contributed by atoms with Gasteiger partial charge in [0, 0.05) is 18.6 Å². The first-order chi connectivity index (χ1) is 3.39. The van der Waals surface area contributed by atoms with Crippen molar-refractivity contribution in [2.45, 2.75) is 38.2 Å². The van der Waals surface area contributed by atoms with Gasteiger partial charge in [-0.3, -0.25) is 0 Å². The molecule has 0 atom stereocenters. The molecule has 5 heteroatoms. The minimum atomic E-state index is 0. The third-order valence-electron chi connectivity index (χ3n) is 1.57. The van der Waals surface area contributed by atoms with Gasteiger partial charge < -0.3 is 56.1 Å². The van der Waals surface area contributed by atoms with Gasteiger partial charge in [0.25, 0.3) is 0 Å². The molecule has 1 nitrogen and oxygen atoms in total. The molecular formula is C6H12Br3OV-3. The summed E-state index contributed by atoms with van der Waals surface area (Å²) in [5.74, 6) is 0. The van der Waals surface area contributed by atoms with Gasteiger partial charge in [0.15, 0.2) is 0 Å². The number of rotatable bonds is 0. The Balaban J connectivity index is -0.0000000612. The van der Waals surface area contributed by atoms with E-state index in [0.717, 1.165) is 12.8 Å². The van der Waals surface area contributed by atoms with Crippen LogP contribution in [0.5, 0.6) is 0 Å². The van der Waals surface area contributed by atoms with Crippen molar-refractivity contribution in [1.82, 2.24) is 0 Å². The van der Waals surface area contributed by atoms with Crippen molar-refractivity contribution in [2.24, 2.45) is 0 Å². The summed E-state index contributed by atoms with van der Waals surface area (Å²) in [7, 11) is 0. The molecule has 1 rings (SSSR count). The van der Waals surface area contributed by atoms with Crippen molar-refractivity contribution in [2.75, 3.05) is 0 Å². The van der Waals surface area contributed by atoms with E-state index in [-0.39, 0.29) is 75.6 Å². The molecule has 0 amide bonds. The second kappa shape index (κ2) is 14.5. The van der Waals surface area contributed by atoms with Gasteiger partial charge in [-0.15, -0.1) is 0 Å². The molecule has 0 aliphatic heterocycles. The van der Waals surface area contributed by atoms with Crippen molar-refractivity contribution in [3.05, 3.63) is 0 Å². The number of halogens is 3. The Hall–Kier alpha value is 1.98. The van der Waals surface area contributed by atoms with Crippen molar-refractivity contribution < 1.29 is 74.6 Å². The Morgan fingerprint density at radius 1 is 0.818 bits per heavy atom.